The van der Waals surface area contributed by atoms with Gasteiger partial charge in [0.2, 0.25) is 11.8 Å². The van der Waals surface area contributed by atoms with Gasteiger partial charge in [0.25, 0.3) is 0 Å². The third kappa shape index (κ3) is 6.82. The number of primary amides is 1. The second kappa shape index (κ2) is 9.66. The Hall–Kier alpha value is -2.57. The van der Waals surface area contributed by atoms with Crippen LogP contribution < -0.4 is 16.4 Å². The Balaban J connectivity index is 2.64. The number of hydrogen-bond acceptors (Lipinski definition) is 4. The van der Waals surface area contributed by atoms with E-state index in [1.54, 1.807) is 27.7 Å². The average Bonchev–Trinajstić information content (AvgIpc) is 2.55. The van der Waals surface area contributed by atoms with Gasteiger partial charge in [0, 0.05) is 0 Å². The fourth-order valence-electron chi connectivity index (χ4n) is 2.24. The molecule has 1 aromatic carbocycles. The number of amides is 3. The van der Waals surface area contributed by atoms with Crippen LogP contribution in [0.5, 0.6) is 0 Å². The van der Waals surface area contributed by atoms with Gasteiger partial charge in [0.1, 0.15) is 18.7 Å². The van der Waals surface area contributed by atoms with Crippen LogP contribution in [0.25, 0.3) is 0 Å². The lowest BCUT2D eigenvalue weighted by Gasteiger charge is -2.25. The van der Waals surface area contributed by atoms with E-state index in [9.17, 15) is 14.4 Å². The molecule has 7 heteroatoms. The molecule has 0 aliphatic carbocycles. The zero-order chi connectivity index (χ0) is 19.0. The maximum absolute atomic E-state index is 12.4. The number of ether oxygens (including phenoxy) is 1. The van der Waals surface area contributed by atoms with Crippen molar-refractivity contribution in [3.05, 3.63) is 35.9 Å². The molecule has 1 aromatic rings. The number of nitrogens with one attached hydrogen (secondary N) is 2. The largest absolute Gasteiger partial charge is 0.445 e. The smallest absolute Gasteiger partial charge is 0.408 e. The fraction of sp³-hybridized carbons (Fsp3) is 0.500. The summed E-state index contributed by atoms with van der Waals surface area (Å²) in [7, 11) is 0. The van der Waals surface area contributed by atoms with Crippen molar-refractivity contribution in [2.75, 3.05) is 0 Å². The summed E-state index contributed by atoms with van der Waals surface area (Å²) in [6.45, 7) is 7.24. The number of carbonyl (C=O) groups excluding carboxylic acids is 3. The van der Waals surface area contributed by atoms with E-state index in [0.717, 1.165) is 5.56 Å². The van der Waals surface area contributed by atoms with Crippen molar-refractivity contribution < 1.29 is 19.1 Å². The van der Waals surface area contributed by atoms with Crippen LogP contribution in [-0.2, 0) is 20.9 Å². The lowest BCUT2D eigenvalue weighted by molar-refractivity contribution is -0.130. The highest BCUT2D eigenvalue weighted by molar-refractivity contribution is 5.91. The van der Waals surface area contributed by atoms with Crippen molar-refractivity contribution in [3.63, 3.8) is 0 Å². The number of alkyl carbamates (subject to hydrolysis) is 1. The molecule has 0 aromatic heterocycles. The fourth-order valence-corrected chi connectivity index (χ4v) is 2.24. The highest BCUT2D eigenvalue weighted by Crippen LogP contribution is 2.07. The van der Waals surface area contributed by atoms with E-state index < -0.39 is 30.0 Å². The number of benzene rings is 1. The van der Waals surface area contributed by atoms with Crippen molar-refractivity contribution in [1.29, 1.82) is 0 Å². The molecule has 0 radical (unpaired) electrons. The summed E-state index contributed by atoms with van der Waals surface area (Å²) in [5.74, 6) is -1.43. The van der Waals surface area contributed by atoms with E-state index in [4.69, 9.17) is 10.5 Å². The van der Waals surface area contributed by atoms with E-state index in [0.29, 0.717) is 0 Å². The Bertz CT molecular complexity index is 587. The van der Waals surface area contributed by atoms with Crippen molar-refractivity contribution in [1.82, 2.24) is 10.6 Å². The van der Waals surface area contributed by atoms with Crippen LogP contribution in [0, 0.1) is 11.8 Å². The maximum atomic E-state index is 12.4. The van der Waals surface area contributed by atoms with Gasteiger partial charge in [-0.3, -0.25) is 9.59 Å². The van der Waals surface area contributed by atoms with Crippen LogP contribution in [0.3, 0.4) is 0 Å². The lowest BCUT2D eigenvalue weighted by Crippen LogP contribution is -2.56. The zero-order valence-electron chi connectivity index (χ0n) is 15.1. The van der Waals surface area contributed by atoms with Gasteiger partial charge in [0.05, 0.1) is 0 Å². The number of rotatable bonds is 8. The van der Waals surface area contributed by atoms with Gasteiger partial charge in [-0.1, -0.05) is 58.0 Å². The van der Waals surface area contributed by atoms with Gasteiger partial charge in [0.15, 0.2) is 0 Å². The molecule has 0 heterocycles. The molecule has 2 atom stereocenters. The van der Waals surface area contributed by atoms with Crippen LogP contribution >= 0.6 is 0 Å². The van der Waals surface area contributed by atoms with Crippen molar-refractivity contribution >= 4 is 17.9 Å². The van der Waals surface area contributed by atoms with E-state index in [1.807, 2.05) is 30.3 Å². The SMILES string of the molecule is CC(C)[C@H](NC(=O)[C@H](NC(=O)OCc1ccccc1)C(C)C)C(N)=O. The van der Waals surface area contributed by atoms with Crippen LogP contribution in [0.4, 0.5) is 4.79 Å². The van der Waals surface area contributed by atoms with Gasteiger partial charge in [-0.2, -0.15) is 0 Å². The minimum Gasteiger partial charge on any atom is -0.445 e. The topological polar surface area (TPSA) is 111 Å². The van der Waals surface area contributed by atoms with Crippen LogP contribution in [0.2, 0.25) is 0 Å². The molecule has 0 aliphatic rings. The quantitative estimate of drug-likeness (QED) is 0.661. The average molecular weight is 349 g/mol. The Morgan fingerprint density at radius 3 is 2.00 bits per heavy atom. The first-order valence-corrected chi connectivity index (χ1v) is 8.29. The highest BCUT2D eigenvalue weighted by atomic mass is 16.5. The standard InChI is InChI=1S/C18H27N3O4/c1-11(2)14(16(19)22)20-17(23)15(12(3)4)21-18(24)25-10-13-8-6-5-7-9-13/h5-9,11-12,14-15H,10H2,1-4H3,(H2,19,22)(H,20,23)(H,21,24)/t14-,15+/m0/s1. The van der Waals surface area contributed by atoms with E-state index in [-0.39, 0.29) is 18.4 Å². The molecule has 4 N–H and O–H groups in total. The predicted molar refractivity (Wildman–Crippen MR) is 94.4 cm³/mol. The molecule has 1 rings (SSSR count). The first-order valence-electron chi connectivity index (χ1n) is 8.29. The normalized spacial score (nSPS) is 13.2. The third-order valence-corrected chi connectivity index (χ3v) is 3.71. The summed E-state index contributed by atoms with van der Waals surface area (Å²) in [6.07, 6.45) is -0.696. The molecule has 138 valence electrons. The van der Waals surface area contributed by atoms with Crippen molar-refractivity contribution in [2.24, 2.45) is 17.6 Å². The minimum absolute atomic E-state index is 0.106. The zero-order valence-corrected chi connectivity index (χ0v) is 15.1. The highest BCUT2D eigenvalue weighted by Gasteiger charge is 2.29. The molecule has 3 amide bonds. The molecule has 25 heavy (non-hydrogen) atoms. The van der Waals surface area contributed by atoms with E-state index >= 15 is 0 Å². The monoisotopic (exact) mass is 349 g/mol. The minimum atomic E-state index is -0.830. The molecule has 0 bridgehead atoms. The molecule has 0 saturated carbocycles. The van der Waals surface area contributed by atoms with Crippen molar-refractivity contribution in [3.8, 4) is 0 Å². The Labute approximate surface area is 148 Å². The number of nitrogens with two attached hydrogens (primary N) is 1. The molecular weight excluding hydrogens is 322 g/mol. The first kappa shape index (κ1) is 20.5. The molecule has 0 fully saturated rings. The molecule has 0 aliphatic heterocycles. The summed E-state index contributed by atoms with van der Waals surface area (Å²) < 4.78 is 5.14. The van der Waals surface area contributed by atoms with Gasteiger partial charge < -0.3 is 21.1 Å². The summed E-state index contributed by atoms with van der Waals surface area (Å²) in [5.41, 5.74) is 6.15. The molecular formula is C18H27N3O4. The van der Waals surface area contributed by atoms with Crippen LogP contribution in [0.1, 0.15) is 33.3 Å². The first-order chi connectivity index (χ1) is 11.7. The van der Waals surface area contributed by atoms with Gasteiger partial charge >= 0.3 is 6.09 Å². The van der Waals surface area contributed by atoms with Gasteiger partial charge in [-0.05, 0) is 17.4 Å². The van der Waals surface area contributed by atoms with Crippen LogP contribution in [0.15, 0.2) is 30.3 Å². The van der Waals surface area contributed by atoms with E-state index in [1.165, 1.54) is 0 Å². The third-order valence-electron chi connectivity index (χ3n) is 3.71. The second-order valence-electron chi connectivity index (χ2n) is 6.56. The molecule has 0 saturated heterocycles. The molecule has 0 unspecified atom stereocenters. The van der Waals surface area contributed by atoms with E-state index in [2.05, 4.69) is 10.6 Å². The second-order valence-corrected chi connectivity index (χ2v) is 6.56. The summed E-state index contributed by atoms with van der Waals surface area (Å²) in [5, 5.41) is 5.14. The van der Waals surface area contributed by atoms with Gasteiger partial charge in [-0.25, -0.2) is 4.79 Å². The van der Waals surface area contributed by atoms with Crippen LogP contribution in [-0.4, -0.2) is 30.0 Å². The molecule has 7 nitrogen and oxygen atoms in total. The molecule has 0 spiro atoms. The Morgan fingerprint density at radius 1 is 0.960 bits per heavy atom. The summed E-state index contributed by atoms with van der Waals surface area (Å²) in [4.78, 5) is 35.9. The number of carbonyl (C=O) groups is 3. The summed E-state index contributed by atoms with van der Waals surface area (Å²) >= 11 is 0. The maximum Gasteiger partial charge on any atom is 0.408 e. The van der Waals surface area contributed by atoms with Crippen molar-refractivity contribution in [2.45, 2.75) is 46.4 Å². The summed E-state index contributed by atoms with van der Waals surface area (Å²) in [6, 6.07) is 7.60. The predicted octanol–water partition coefficient (Wildman–Crippen LogP) is 1.56. The Morgan fingerprint density at radius 2 is 1.52 bits per heavy atom. The number of hydrogen-bond donors (Lipinski definition) is 3. The Kier molecular flexibility index (Phi) is 7.91. The lowest BCUT2D eigenvalue weighted by atomic mass is 10.00. The van der Waals surface area contributed by atoms with Gasteiger partial charge in [-0.15, -0.1) is 0 Å².